The quantitative estimate of drug-likeness (QED) is 0.500. The van der Waals surface area contributed by atoms with E-state index in [0.29, 0.717) is 0 Å². The molecule has 0 amide bonds. The fourth-order valence-electron chi connectivity index (χ4n) is 1.57. The van der Waals surface area contributed by atoms with Crippen molar-refractivity contribution < 1.29 is 0 Å². The van der Waals surface area contributed by atoms with Crippen LogP contribution in [-0.4, -0.2) is 4.98 Å². The minimum atomic E-state index is 0.239. The van der Waals surface area contributed by atoms with E-state index >= 15 is 0 Å². The molecule has 0 aliphatic rings. The number of benzene rings is 1. The summed E-state index contributed by atoms with van der Waals surface area (Å²) in [6.07, 6.45) is 2.68. The third-order valence-corrected chi connectivity index (χ3v) is 4.44. The predicted octanol–water partition coefficient (Wildman–Crippen LogP) is 5.02. The van der Waals surface area contributed by atoms with Crippen LogP contribution in [0.3, 0.4) is 0 Å². The van der Waals surface area contributed by atoms with Gasteiger partial charge in [0.2, 0.25) is 0 Å². The van der Waals surface area contributed by atoms with Crippen molar-refractivity contribution in [2.75, 3.05) is 0 Å². The van der Waals surface area contributed by atoms with Crippen LogP contribution in [0, 0.1) is 3.57 Å². The topological polar surface area (TPSA) is 12.9 Å². The maximum absolute atomic E-state index is 6.02. The first-order valence-corrected chi connectivity index (χ1v) is 7.53. The summed E-state index contributed by atoms with van der Waals surface area (Å²) in [6.45, 7) is 0. The van der Waals surface area contributed by atoms with Crippen LogP contribution in [0.15, 0.2) is 42.6 Å². The van der Waals surface area contributed by atoms with Crippen LogP contribution in [0.1, 0.15) is 16.1 Å². The molecule has 1 aromatic heterocycles. The number of hydrogen-bond donors (Lipinski definition) is 0. The summed E-state index contributed by atoms with van der Waals surface area (Å²) in [7, 11) is 0. The van der Waals surface area contributed by atoms with Gasteiger partial charge in [0.05, 0.1) is 0 Å². The normalized spacial score (nSPS) is 12.4. The number of alkyl halides is 1. The Kier molecular flexibility index (Phi) is 4.82. The highest BCUT2D eigenvalue weighted by Gasteiger charge is 2.12. The van der Waals surface area contributed by atoms with Crippen LogP contribution in [0.2, 0.25) is 5.02 Å². The Hall–Kier alpha value is -0.130. The molecule has 88 valence electrons. The Morgan fingerprint density at radius 3 is 2.82 bits per heavy atom. The summed E-state index contributed by atoms with van der Waals surface area (Å²) in [5.41, 5.74) is 2.29. The lowest BCUT2D eigenvalue weighted by molar-refractivity contribution is 0.900. The van der Waals surface area contributed by atoms with E-state index in [1.807, 2.05) is 42.6 Å². The smallest absolute Gasteiger partial charge is 0.0461 e. The van der Waals surface area contributed by atoms with Crippen molar-refractivity contribution >= 4 is 50.1 Å². The van der Waals surface area contributed by atoms with Crippen LogP contribution in [-0.2, 0) is 6.42 Å². The number of pyridine rings is 1. The minimum Gasteiger partial charge on any atom is -0.261 e. The van der Waals surface area contributed by atoms with Gasteiger partial charge in [-0.25, -0.2) is 0 Å². The van der Waals surface area contributed by atoms with Gasteiger partial charge in [-0.3, -0.25) is 4.98 Å². The van der Waals surface area contributed by atoms with E-state index in [1.165, 1.54) is 9.13 Å². The van der Waals surface area contributed by atoms with Gasteiger partial charge in [-0.05, 0) is 58.5 Å². The molecular weight excluding hydrogens is 412 g/mol. The van der Waals surface area contributed by atoms with Crippen molar-refractivity contribution in [1.82, 2.24) is 4.98 Å². The van der Waals surface area contributed by atoms with Gasteiger partial charge in [-0.1, -0.05) is 33.6 Å². The molecular formula is C13H10BrClIN. The van der Waals surface area contributed by atoms with Gasteiger partial charge in [0.25, 0.3) is 0 Å². The van der Waals surface area contributed by atoms with Gasteiger partial charge >= 0.3 is 0 Å². The highest BCUT2D eigenvalue weighted by molar-refractivity contribution is 14.1. The van der Waals surface area contributed by atoms with Crippen LogP contribution in [0.4, 0.5) is 0 Å². The van der Waals surface area contributed by atoms with Crippen LogP contribution < -0.4 is 0 Å². The second kappa shape index (κ2) is 6.16. The van der Waals surface area contributed by atoms with Crippen LogP contribution >= 0.6 is 50.1 Å². The van der Waals surface area contributed by atoms with Gasteiger partial charge in [0, 0.05) is 31.7 Å². The predicted molar refractivity (Wildman–Crippen MR) is 83.8 cm³/mol. The highest BCUT2D eigenvalue weighted by atomic mass is 127. The molecule has 0 radical (unpaired) electrons. The van der Waals surface area contributed by atoms with Crippen LogP contribution in [0.25, 0.3) is 0 Å². The van der Waals surface area contributed by atoms with E-state index in [-0.39, 0.29) is 4.83 Å². The first-order chi connectivity index (χ1) is 8.16. The molecule has 2 aromatic rings. The Bertz CT molecular complexity index is 504. The molecule has 0 saturated heterocycles. The minimum absolute atomic E-state index is 0.239. The second-order valence-electron chi connectivity index (χ2n) is 3.66. The Morgan fingerprint density at radius 1 is 1.29 bits per heavy atom. The standard InChI is InChI=1S/C13H10BrClIN/c14-12(8-10-3-1-2-6-17-10)11-7-9(15)4-5-13(11)16/h1-7,12H,8H2. The SMILES string of the molecule is Clc1ccc(I)c(C(Br)Cc2ccccn2)c1. The average molecular weight is 422 g/mol. The number of hydrogen-bond acceptors (Lipinski definition) is 1. The number of nitrogens with zero attached hydrogens (tertiary/aromatic N) is 1. The summed E-state index contributed by atoms with van der Waals surface area (Å²) in [4.78, 5) is 4.57. The fourth-order valence-corrected chi connectivity index (χ4v) is 3.60. The lowest BCUT2D eigenvalue weighted by Gasteiger charge is -2.12. The van der Waals surface area contributed by atoms with Gasteiger partial charge in [0.1, 0.15) is 0 Å². The molecule has 17 heavy (non-hydrogen) atoms. The van der Waals surface area contributed by atoms with Gasteiger partial charge in [-0.2, -0.15) is 0 Å². The Morgan fingerprint density at radius 2 is 2.12 bits per heavy atom. The van der Waals surface area contributed by atoms with Crippen molar-refractivity contribution in [2.45, 2.75) is 11.2 Å². The summed E-state index contributed by atoms with van der Waals surface area (Å²) in [5.74, 6) is 0. The fraction of sp³-hybridized carbons (Fsp3) is 0.154. The number of rotatable bonds is 3. The van der Waals surface area contributed by atoms with E-state index in [0.717, 1.165) is 17.1 Å². The molecule has 0 saturated carbocycles. The summed E-state index contributed by atoms with van der Waals surface area (Å²) in [5, 5.41) is 0.769. The first kappa shape index (κ1) is 13.3. The molecule has 1 aromatic carbocycles. The lowest BCUT2D eigenvalue weighted by Crippen LogP contribution is -1.99. The van der Waals surface area contributed by atoms with Crippen molar-refractivity contribution in [3.8, 4) is 0 Å². The first-order valence-electron chi connectivity index (χ1n) is 5.16. The van der Waals surface area contributed by atoms with Gasteiger partial charge in [0.15, 0.2) is 0 Å². The Labute approximate surface area is 128 Å². The van der Waals surface area contributed by atoms with E-state index in [1.54, 1.807) is 0 Å². The van der Waals surface area contributed by atoms with E-state index in [2.05, 4.69) is 43.5 Å². The number of halogens is 3. The molecule has 1 nitrogen and oxygen atoms in total. The summed E-state index contributed by atoms with van der Waals surface area (Å²) < 4.78 is 1.21. The third kappa shape index (κ3) is 3.66. The van der Waals surface area contributed by atoms with Crippen molar-refractivity contribution in [3.05, 3.63) is 62.4 Å². The molecule has 1 unspecified atom stereocenters. The molecule has 2 rings (SSSR count). The van der Waals surface area contributed by atoms with Crippen molar-refractivity contribution in [2.24, 2.45) is 0 Å². The zero-order chi connectivity index (χ0) is 12.3. The largest absolute Gasteiger partial charge is 0.261 e. The molecule has 0 N–H and O–H groups in total. The van der Waals surface area contributed by atoms with E-state index in [9.17, 15) is 0 Å². The molecule has 0 bridgehead atoms. The average Bonchev–Trinajstić information content (AvgIpc) is 2.33. The van der Waals surface area contributed by atoms with Gasteiger partial charge < -0.3 is 0 Å². The van der Waals surface area contributed by atoms with Crippen molar-refractivity contribution in [3.63, 3.8) is 0 Å². The van der Waals surface area contributed by atoms with Gasteiger partial charge in [-0.15, -0.1) is 0 Å². The van der Waals surface area contributed by atoms with E-state index < -0.39 is 0 Å². The third-order valence-electron chi connectivity index (χ3n) is 2.41. The molecule has 0 fully saturated rings. The zero-order valence-corrected chi connectivity index (χ0v) is 13.4. The lowest BCUT2D eigenvalue weighted by atomic mass is 10.1. The summed E-state index contributed by atoms with van der Waals surface area (Å²) >= 11 is 12.1. The molecule has 4 heteroatoms. The Balaban J connectivity index is 2.20. The second-order valence-corrected chi connectivity index (χ2v) is 6.36. The van der Waals surface area contributed by atoms with E-state index in [4.69, 9.17) is 11.6 Å². The monoisotopic (exact) mass is 421 g/mol. The maximum Gasteiger partial charge on any atom is 0.0461 e. The molecule has 1 atom stereocenters. The molecule has 0 aliphatic heterocycles. The molecule has 1 heterocycles. The zero-order valence-electron chi connectivity index (χ0n) is 8.91. The molecule has 0 aliphatic carbocycles. The van der Waals surface area contributed by atoms with Crippen LogP contribution in [0.5, 0.6) is 0 Å². The number of aromatic nitrogens is 1. The maximum atomic E-state index is 6.02. The highest BCUT2D eigenvalue weighted by Crippen LogP contribution is 2.31. The summed E-state index contributed by atoms with van der Waals surface area (Å²) in [6, 6.07) is 11.9. The van der Waals surface area contributed by atoms with Crippen molar-refractivity contribution in [1.29, 1.82) is 0 Å². The molecule has 0 spiro atoms.